The van der Waals surface area contributed by atoms with Gasteiger partial charge < -0.3 is 0 Å². The third-order valence-electron chi connectivity index (χ3n) is 1.31. The summed E-state index contributed by atoms with van der Waals surface area (Å²) in [6.45, 7) is 11.9. The molecule has 0 aromatic rings. The Labute approximate surface area is 84.3 Å². The molecule has 0 aromatic heterocycles. The van der Waals surface area contributed by atoms with Crippen LogP contribution in [0.4, 0.5) is 0 Å². The van der Waals surface area contributed by atoms with Crippen molar-refractivity contribution in [3.05, 3.63) is 24.3 Å². The number of hydrogen-bond acceptors (Lipinski definition) is 2. The van der Waals surface area contributed by atoms with Crippen molar-refractivity contribution in [3.8, 4) is 0 Å². The molecule has 0 spiro atoms. The van der Waals surface area contributed by atoms with Crippen LogP contribution < -0.4 is 0 Å². The molecule has 0 aromatic carbocycles. The van der Waals surface area contributed by atoms with Gasteiger partial charge in [-0.15, -0.1) is 13.2 Å². The maximum atomic E-state index is 3.86. The van der Waals surface area contributed by atoms with Crippen LogP contribution in [-0.2, 0) is 0 Å². The minimum Gasteiger partial charge on any atom is -0.100 e. The number of allylic oxidation sites excluding steroid dienone is 2. The smallest absolute Gasteiger partial charge is 0.00740 e. The lowest BCUT2D eigenvalue weighted by Crippen LogP contribution is -1.80. The van der Waals surface area contributed by atoms with Crippen molar-refractivity contribution in [1.29, 1.82) is 0 Å². The predicted octanol–water partition coefficient (Wildman–Crippen LogP) is 4.30. The highest BCUT2D eigenvalue weighted by molar-refractivity contribution is 8.76. The van der Waals surface area contributed by atoms with Gasteiger partial charge in [0.1, 0.15) is 0 Å². The minimum absolute atomic E-state index is 1.14. The summed E-state index contributed by atoms with van der Waals surface area (Å²) < 4.78 is 0. The van der Waals surface area contributed by atoms with Crippen LogP contribution in [0.25, 0.3) is 0 Å². The zero-order valence-corrected chi connectivity index (χ0v) is 9.69. The van der Waals surface area contributed by atoms with Crippen LogP contribution in [-0.4, -0.2) is 11.5 Å². The van der Waals surface area contributed by atoms with Crippen molar-refractivity contribution in [1.82, 2.24) is 0 Å². The topological polar surface area (TPSA) is 0 Å². The molecular weight excluding hydrogens is 184 g/mol. The van der Waals surface area contributed by atoms with E-state index in [4.69, 9.17) is 0 Å². The number of rotatable bonds is 7. The summed E-state index contributed by atoms with van der Waals surface area (Å²) in [5.41, 5.74) is 2.56. The Hall–Kier alpha value is 0.180. The molecule has 0 rings (SSSR count). The Morgan fingerprint density at radius 3 is 1.50 bits per heavy atom. The van der Waals surface area contributed by atoms with Gasteiger partial charge >= 0.3 is 0 Å². The van der Waals surface area contributed by atoms with Crippen LogP contribution in [0.2, 0.25) is 0 Å². The van der Waals surface area contributed by atoms with E-state index in [-0.39, 0.29) is 0 Å². The van der Waals surface area contributed by atoms with Crippen molar-refractivity contribution in [2.24, 2.45) is 0 Å². The van der Waals surface area contributed by atoms with Gasteiger partial charge in [0.2, 0.25) is 0 Å². The Kier molecular flexibility index (Phi) is 7.93. The fourth-order valence-corrected chi connectivity index (χ4v) is 2.86. The second kappa shape index (κ2) is 7.81. The molecule has 0 saturated heterocycles. The molecular formula is C10H18S2. The average Bonchev–Trinajstić information content (AvgIpc) is 1.95. The van der Waals surface area contributed by atoms with Gasteiger partial charge in [-0.1, -0.05) is 32.7 Å². The summed E-state index contributed by atoms with van der Waals surface area (Å²) in [6, 6.07) is 0. The highest BCUT2D eigenvalue weighted by Gasteiger charge is 1.91. The molecule has 0 unspecified atom stereocenters. The van der Waals surface area contributed by atoms with Gasteiger partial charge in [0.25, 0.3) is 0 Å². The first kappa shape index (κ1) is 12.2. The molecule has 70 valence electrons. The van der Waals surface area contributed by atoms with Crippen LogP contribution >= 0.6 is 21.6 Å². The Morgan fingerprint density at radius 1 is 0.917 bits per heavy atom. The SMILES string of the molecule is C=C(C)CCSSCCC(=C)C. The molecule has 0 heterocycles. The highest BCUT2D eigenvalue weighted by atomic mass is 33.1. The first-order chi connectivity index (χ1) is 5.63. The molecule has 0 bridgehead atoms. The van der Waals surface area contributed by atoms with Crippen molar-refractivity contribution < 1.29 is 0 Å². The van der Waals surface area contributed by atoms with E-state index in [1.165, 1.54) is 22.7 Å². The molecule has 0 fully saturated rings. The molecule has 0 nitrogen and oxygen atoms in total. The maximum Gasteiger partial charge on any atom is 0.00740 e. The van der Waals surface area contributed by atoms with Crippen molar-refractivity contribution in [2.75, 3.05) is 11.5 Å². The predicted molar refractivity (Wildman–Crippen MR) is 63.8 cm³/mol. The molecule has 0 amide bonds. The molecule has 0 N–H and O–H groups in total. The monoisotopic (exact) mass is 202 g/mol. The molecule has 0 saturated carbocycles. The van der Waals surface area contributed by atoms with Gasteiger partial charge in [-0.2, -0.15) is 0 Å². The normalized spacial score (nSPS) is 9.83. The summed E-state index contributed by atoms with van der Waals surface area (Å²) in [7, 11) is 3.88. The van der Waals surface area contributed by atoms with Crippen LogP contribution in [0.3, 0.4) is 0 Å². The molecule has 12 heavy (non-hydrogen) atoms. The van der Waals surface area contributed by atoms with Gasteiger partial charge in [-0.25, -0.2) is 0 Å². The van der Waals surface area contributed by atoms with E-state index < -0.39 is 0 Å². The Balaban J connectivity index is 3.01. The standard InChI is InChI=1S/C10H18S2/c1-9(2)5-7-11-12-8-6-10(3)4/h1,3,5-8H2,2,4H3. The summed E-state index contributed by atoms with van der Waals surface area (Å²) in [5.74, 6) is 2.38. The van der Waals surface area contributed by atoms with E-state index >= 15 is 0 Å². The van der Waals surface area contributed by atoms with Gasteiger partial charge in [-0.05, 0) is 26.7 Å². The Morgan fingerprint density at radius 2 is 1.25 bits per heavy atom. The molecule has 0 aliphatic rings. The summed E-state index contributed by atoms with van der Waals surface area (Å²) in [6.07, 6.45) is 2.29. The van der Waals surface area contributed by atoms with Gasteiger partial charge in [-0.3, -0.25) is 0 Å². The lowest BCUT2D eigenvalue weighted by Gasteiger charge is -2.00. The largest absolute Gasteiger partial charge is 0.100 e. The van der Waals surface area contributed by atoms with Gasteiger partial charge in [0, 0.05) is 11.5 Å². The van der Waals surface area contributed by atoms with E-state index in [2.05, 4.69) is 27.0 Å². The minimum atomic E-state index is 1.14. The molecule has 0 aliphatic heterocycles. The van der Waals surface area contributed by atoms with E-state index in [9.17, 15) is 0 Å². The fraction of sp³-hybridized carbons (Fsp3) is 0.600. The number of hydrogen-bond donors (Lipinski definition) is 0. The lowest BCUT2D eigenvalue weighted by atomic mass is 10.3. The average molecular weight is 202 g/mol. The highest BCUT2D eigenvalue weighted by Crippen LogP contribution is 2.24. The van der Waals surface area contributed by atoms with Crippen molar-refractivity contribution >= 4 is 21.6 Å². The third-order valence-corrected chi connectivity index (χ3v) is 3.72. The van der Waals surface area contributed by atoms with Crippen LogP contribution in [0.1, 0.15) is 26.7 Å². The second-order valence-corrected chi connectivity index (χ2v) is 5.76. The van der Waals surface area contributed by atoms with E-state index in [0.29, 0.717) is 0 Å². The maximum absolute atomic E-state index is 3.86. The summed E-state index contributed by atoms with van der Waals surface area (Å²) in [4.78, 5) is 0. The Bertz CT molecular complexity index is 132. The van der Waals surface area contributed by atoms with Crippen molar-refractivity contribution in [2.45, 2.75) is 26.7 Å². The third kappa shape index (κ3) is 10.2. The van der Waals surface area contributed by atoms with E-state index in [0.717, 1.165) is 12.8 Å². The molecule has 2 heteroatoms. The lowest BCUT2D eigenvalue weighted by molar-refractivity contribution is 1.12. The van der Waals surface area contributed by atoms with E-state index in [1.54, 1.807) is 0 Å². The first-order valence-electron chi connectivity index (χ1n) is 4.16. The zero-order chi connectivity index (χ0) is 9.40. The second-order valence-electron chi connectivity index (χ2n) is 3.06. The van der Waals surface area contributed by atoms with Gasteiger partial charge in [0.15, 0.2) is 0 Å². The van der Waals surface area contributed by atoms with E-state index in [1.807, 2.05) is 21.6 Å². The summed E-state index contributed by atoms with van der Waals surface area (Å²) in [5, 5.41) is 0. The fourth-order valence-electron chi connectivity index (χ4n) is 0.550. The molecule has 0 atom stereocenters. The van der Waals surface area contributed by atoms with Crippen LogP contribution in [0.5, 0.6) is 0 Å². The molecule has 0 radical (unpaired) electrons. The zero-order valence-electron chi connectivity index (χ0n) is 8.06. The van der Waals surface area contributed by atoms with Crippen LogP contribution in [0.15, 0.2) is 24.3 Å². The quantitative estimate of drug-likeness (QED) is 0.343. The summed E-state index contributed by atoms with van der Waals surface area (Å²) >= 11 is 0. The van der Waals surface area contributed by atoms with Gasteiger partial charge in [0.05, 0.1) is 0 Å². The molecule has 0 aliphatic carbocycles. The van der Waals surface area contributed by atoms with Crippen LogP contribution in [0, 0.1) is 0 Å². The van der Waals surface area contributed by atoms with Crippen molar-refractivity contribution in [3.63, 3.8) is 0 Å². The first-order valence-corrected chi connectivity index (χ1v) is 6.65.